The standard InChI is InChI=1S/C5H7N3/c6-5-2-1-3-7-8-4-5/h1-4,8H,6H2. The van der Waals surface area contributed by atoms with Gasteiger partial charge in [-0.25, -0.2) is 0 Å². The average Bonchev–Trinajstić information content (AvgIpc) is 1.94. The van der Waals surface area contributed by atoms with Crippen molar-refractivity contribution in [1.82, 2.24) is 5.43 Å². The van der Waals surface area contributed by atoms with Gasteiger partial charge in [0.25, 0.3) is 0 Å². The summed E-state index contributed by atoms with van der Waals surface area (Å²) in [6, 6.07) is 0. The molecule has 42 valence electrons. The smallest absolute Gasteiger partial charge is 0.0494 e. The van der Waals surface area contributed by atoms with Gasteiger partial charge in [-0.15, -0.1) is 0 Å². The lowest BCUT2D eigenvalue weighted by molar-refractivity contribution is 0.967. The van der Waals surface area contributed by atoms with Crippen molar-refractivity contribution < 1.29 is 0 Å². The summed E-state index contributed by atoms with van der Waals surface area (Å²) in [5, 5.41) is 3.70. The summed E-state index contributed by atoms with van der Waals surface area (Å²) >= 11 is 0. The Kier molecular flexibility index (Phi) is 1.32. The lowest BCUT2D eigenvalue weighted by atomic mass is 10.4. The Bertz CT molecular complexity index is 152. The van der Waals surface area contributed by atoms with Crippen molar-refractivity contribution in [3.05, 3.63) is 24.0 Å². The summed E-state index contributed by atoms with van der Waals surface area (Å²) in [4.78, 5) is 0. The molecule has 0 spiro atoms. The van der Waals surface area contributed by atoms with E-state index in [1.807, 2.05) is 0 Å². The molecule has 0 aromatic heterocycles. The Hall–Kier alpha value is -1.25. The summed E-state index contributed by atoms with van der Waals surface area (Å²) in [7, 11) is 0. The van der Waals surface area contributed by atoms with Gasteiger partial charge in [0.2, 0.25) is 0 Å². The maximum Gasteiger partial charge on any atom is 0.0494 e. The zero-order valence-electron chi connectivity index (χ0n) is 4.33. The number of allylic oxidation sites excluding steroid dienone is 2. The predicted octanol–water partition coefficient (Wildman–Crippen LogP) is -0.0683. The molecular weight excluding hydrogens is 102 g/mol. The van der Waals surface area contributed by atoms with Crippen LogP contribution in [0.3, 0.4) is 0 Å². The molecule has 1 rings (SSSR count). The third kappa shape index (κ3) is 1.11. The molecule has 0 bridgehead atoms. The second-order valence-corrected chi connectivity index (χ2v) is 1.41. The van der Waals surface area contributed by atoms with Crippen LogP contribution in [0, 0.1) is 0 Å². The van der Waals surface area contributed by atoms with Crippen LogP contribution in [0.15, 0.2) is 29.2 Å². The van der Waals surface area contributed by atoms with Gasteiger partial charge in [0.15, 0.2) is 0 Å². The molecule has 0 unspecified atom stereocenters. The molecule has 1 aliphatic rings. The van der Waals surface area contributed by atoms with Crippen molar-refractivity contribution in [1.29, 1.82) is 0 Å². The first-order valence-electron chi connectivity index (χ1n) is 2.30. The van der Waals surface area contributed by atoms with E-state index in [0.717, 1.165) is 0 Å². The zero-order chi connectivity index (χ0) is 5.82. The van der Waals surface area contributed by atoms with E-state index in [4.69, 9.17) is 5.73 Å². The van der Waals surface area contributed by atoms with Gasteiger partial charge < -0.3 is 5.73 Å². The van der Waals surface area contributed by atoms with Gasteiger partial charge in [0.05, 0.1) is 0 Å². The second kappa shape index (κ2) is 2.16. The van der Waals surface area contributed by atoms with Crippen molar-refractivity contribution >= 4 is 6.21 Å². The molecule has 1 aliphatic heterocycles. The minimum absolute atomic E-state index is 0.683. The van der Waals surface area contributed by atoms with Crippen molar-refractivity contribution in [2.24, 2.45) is 10.8 Å². The van der Waals surface area contributed by atoms with Gasteiger partial charge in [-0.1, -0.05) is 0 Å². The molecule has 3 heteroatoms. The van der Waals surface area contributed by atoms with E-state index >= 15 is 0 Å². The Labute approximate surface area is 47.6 Å². The van der Waals surface area contributed by atoms with Gasteiger partial charge >= 0.3 is 0 Å². The van der Waals surface area contributed by atoms with E-state index in [9.17, 15) is 0 Å². The van der Waals surface area contributed by atoms with E-state index in [2.05, 4.69) is 10.5 Å². The summed E-state index contributed by atoms with van der Waals surface area (Å²) in [6.45, 7) is 0. The normalized spacial score (nSPS) is 16.8. The van der Waals surface area contributed by atoms with Crippen LogP contribution in [-0.4, -0.2) is 6.21 Å². The van der Waals surface area contributed by atoms with Crippen molar-refractivity contribution in [2.45, 2.75) is 0 Å². The number of hydrazone groups is 1. The van der Waals surface area contributed by atoms with Crippen LogP contribution in [0.4, 0.5) is 0 Å². The highest BCUT2D eigenvalue weighted by atomic mass is 15.3. The molecule has 3 N–H and O–H groups in total. The van der Waals surface area contributed by atoms with E-state index in [1.54, 1.807) is 24.6 Å². The molecule has 0 aromatic rings. The molecular formula is C5H7N3. The lowest BCUT2D eigenvalue weighted by Crippen LogP contribution is -1.98. The molecule has 8 heavy (non-hydrogen) atoms. The van der Waals surface area contributed by atoms with Crippen LogP contribution in [-0.2, 0) is 0 Å². The molecule has 3 nitrogen and oxygen atoms in total. The summed E-state index contributed by atoms with van der Waals surface area (Å²) < 4.78 is 0. The van der Waals surface area contributed by atoms with Gasteiger partial charge in [0.1, 0.15) is 0 Å². The van der Waals surface area contributed by atoms with E-state index in [1.165, 1.54) is 0 Å². The van der Waals surface area contributed by atoms with Gasteiger partial charge in [0, 0.05) is 18.1 Å². The highest BCUT2D eigenvalue weighted by Gasteiger charge is 1.80. The molecule has 0 aromatic carbocycles. The molecule has 0 amide bonds. The topological polar surface area (TPSA) is 50.4 Å². The molecule has 1 heterocycles. The van der Waals surface area contributed by atoms with Crippen LogP contribution in [0.1, 0.15) is 0 Å². The summed E-state index contributed by atoms with van der Waals surface area (Å²) in [5.41, 5.74) is 8.67. The van der Waals surface area contributed by atoms with Crippen LogP contribution in [0.5, 0.6) is 0 Å². The monoisotopic (exact) mass is 109 g/mol. The molecule has 0 aliphatic carbocycles. The van der Waals surface area contributed by atoms with Crippen LogP contribution in [0.25, 0.3) is 0 Å². The minimum atomic E-state index is 0.683. The number of nitrogens with two attached hydrogens (primary N) is 1. The maximum atomic E-state index is 5.37. The molecule has 0 fully saturated rings. The summed E-state index contributed by atoms with van der Waals surface area (Å²) in [6.07, 6.45) is 6.80. The zero-order valence-corrected chi connectivity index (χ0v) is 4.33. The largest absolute Gasteiger partial charge is 0.398 e. The van der Waals surface area contributed by atoms with Crippen molar-refractivity contribution in [3.63, 3.8) is 0 Å². The fourth-order valence-electron chi connectivity index (χ4n) is 0.400. The van der Waals surface area contributed by atoms with E-state index < -0.39 is 0 Å². The molecule has 0 saturated heterocycles. The van der Waals surface area contributed by atoms with Gasteiger partial charge in [-0.05, 0) is 12.2 Å². The Morgan fingerprint density at radius 1 is 1.62 bits per heavy atom. The van der Waals surface area contributed by atoms with Crippen LogP contribution >= 0.6 is 0 Å². The maximum absolute atomic E-state index is 5.37. The summed E-state index contributed by atoms with van der Waals surface area (Å²) in [5.74, 6) is 0. The highest BCUT2D eigenvalue weighted by Crippen LogP contribution is 1.85. The predicted molar refractivity (Wildman–Crippen MR) is 33.0 cm³/mol. The first kappa shape index (κ1) is 4.90. The Balaban J connectivity index is 2.69. The van der Waals surface area contributed by atoms with Crippen molar-refractivity contribution in [2.75, 3.05) is 0 Å². The molecule has 0 atom stereocenters. The third-order valence-corrected chi connectivity index (χ3v) is 0.755. The minimum Gasteiger partial charge on any atom is -0.398 e. The van der Waals surface area contributed by atoms with Crippen molar-refractivity contribution in [3.8, 4) is 0 Å². The number of rotatable bonds is 0. The highest BCUT2D eigenvalue weighted by molar-refractivity contribution is 5.72. The first-order valence-corrected chi connectivity index (χ1v) is 2.30. The first-order chi connectivity index (χ1) is 3.89. The van der Waals surface area contributed by atoms with Gasteiger partial charge in [-0.3, -0.25) is 5.43 Å². The Morgan fingerprint density at radius 3 is 3.38 bits per heavy atom. The van der Waals surface area contributed by atoms with E-state index in [0.29, 0.717) is 5.70 Å². The molecule has 0 saturated carbocycles. The SMILES string of the molecule is NC1=CNN=CC=C1. The quantitative estimate of drug-likeness (QED) is 0.457. The third-order valence-electron chi connectivity index (χ3n) is 0.755. The Morgan fingerprint density at radius 2 is 2.50 bits per heavy atom. The van der Waals surface area contributed by atoms with E-state index in [-0.39, 0.29) is 0 Å². The van der Waals surface area contributed by atoms with Crippen LogP contribution < -0.4 is 11.2 Å². The fraction of sp³-hybridized carbons (Fsp3) is 0. The lowest BCUT2D eigenvalue weighted by Gasteiger charge is -1.86. The van der Waals surface area contributed by atoms with Crippen LogP contribution in [0.2, 0.25) is 0 Å². The number of nitrogens with one attached hydrogen (secondary N) is 1. The average molecular weight is 109 g/mol. The number of nitrogens with zero attached hydrogens (tertiary/aromatic N) is 1. The fourth-order valence-corrected chi connectivity index (χ4v) is 0.400. The molecule has 0 radical (unpaired) electrons. The number of hydrogen-bond donors (Lipinski definition) is 2. The number of hydrogen-bond acceptors (Lipinski definition) is 3. The second-order valence-electron chi connectivity index (χ2n) is 1.41. The van der Waals surface area contributed by atoms with Gasteiger partial charge in [-0.2, -0.15) is 5.10 Å².